The number of hydrogen-bond donors (Lipinski definition) is 0. The topological polar surface area (TPSA) is 26.0 Å². The maximum Gasteiger partial charge on any atom is 0.135 e. The molecule has 0 aliphatic rings. The van der Waals surface area contributed by atoms with Gasteiger partial charge in [-0.2, -0.15) is 0 Å². The first-order valence-corrected chi connectivity index (χ1v) is 12.1. The van der Waals surface area contributed by atoms with E-state index in [0.717, 1.165) is 40.0 Å². The third-order valence-electron chi connectivity index (χ3n) is 6.33. The van der Waals surface area contributed by atoms with Gasteiger partial charge in [0.25, 0.3) is 0 Å². The standard InChI is InChI=1S/C32H33NO/c1-31(2,3)20-21-11-12-29-25(15-21)19-30(34-29)23-13-14-33-28(18-23)24-16-22-9-7-8-10-26(22)27(17-24)32(4,5)6/h7-19H,20H2,1-6H3. The van der Waals surface area contributed by atoms with Gasteiger partial charge < -0.3 is 4.42 Å². The van der Waals surface area contributed by atoms with Crippen molar-refractivity contribution in [2.24, 2.45) is 5.41 Å². The molecule has 0 saturated heterocycles. The number of nitrogens with zero attached hydrogens (tertiary/aromatic N) is 1. The molecule has 0 spiro atoms. The van der Waals surface area contributed by atoms with Crippen molar-refractivity contribution in [3.05, 3.63) is 90.1 Å². The van der Waals surface area contributed by atoms with E-state index in [4.69, 9.17) is 9.40 Å². The molecule has 34 heavy (non-hydrogen) atoms. The van der Waals surface area contributed by atoms with Gasteiger partial charge in [-0.3, -0.25) is 4.98 Å². The van der Waals surface area contributed by atoms with Gasteiger partial charge in [0.2, 0.25) is 0 Å². The van der Waals surface area contributed by atoms with Crippen LogP contribution < -0.4 is 0 Å². The highest BCUT2D eigenvalue weighted by atomic mass is 16.3. The van der Waals surface area contributed by atoms with Crippen molar-refractivity contribution in [1.29, 1.82) is 0 Å². The second-order valence-electron chi connectivity index (χ2n) is 11.6. The summed E-state index contributed by atoms with van der Waals surface area (Å²) in [5.41, 5.74) is 7.03. The third-order valence-corrected chi connectivity index (χ3v) is 6.33. The number of rotatable bonds is 3. The molecular weight excluding hydrogens is 414 g/mol. The summed E-state index contributed by atoms with van der Waals surface area (Å²) in [5, 5.41) is 3.70. The first-order chi connectivity index (χ1) is 16.1. The van der Waals surface area contributed by atoms with Crippen molar-refractivity contribution in [2.45, 2.75) is 53.4 Å². The van der Waals surface area contributed by atoms with Crippen molar-refractivity contribution in [2.75, 3.05) is 0 Å². The molecule has 5 aromatic rings. The summed E-state index contributed by atoms with van der Waals surface area (Å²) in [4.78, 5) is 4.73. The first-order valence-electron chi connectivity index (χ1n) is 12.1. The van der Waals surface area contributed by atoms with Crippen LogP contribution in [-0.2, 0) is 11.8 Å². The van der Waals surface area contributed by atoms with Crippen molar-refractivity contribution in [3.8, 4) is 22.6 Å². The van der Waals surface area contributed by atoms with Gasteiger partial charge in [-0.1, -0.05) is 71.9 Å². The van der Waals surface area contributed by atoms with Crippen LogP contribution in [0, 0.1) is 5.41 Å². The van der Waals surface area contributed by atoms with E-state index in [2.05, 4.69) is 108 Å². The summed E-state index contributed by atoms with van der Waals surface area (Å²) in [7, 11) is 0. The van der Waals surface area contributed by atoms with Gasteiger partial charge in [0.1, 0.15) is 11.3 Å². The first kappa shape index (κ1) is 22.4. The maximum atomic E-state index is 6.25. The molecule has 5 rings (SSSR count). The summed E-state index contributed by atoms with van der Waals surface area (Å²) in [6, 6.07) is 26.0. The predicted molar refractivity (Wildman–Crippen MR) is 144 cm³/mol. The Morgan fingerprint density at radius 1 is 0.735 bits per heavy atom. The Hall–Kier alpha value is -3.39. The molecule has 0 atom stereocenters. The lowest BCUT2D eigenvalue weighted by atomic mass is 9.82. The zero-order valence-corrected chi connectivity index (χ0v) is 21.1. The molecule has 0 amide bonds. The summed E-state index contributed by atoms with van der Waals surface area (Å²) >= 11 is 0. The quantitative estimate of drug-likeness (QED) is 0.275. The number of aromatic nitrogens is 1. The fourth-order valence-electron chi connectivity index (χ4n) is 4.78. The van der Waals surface area contributed by atoms with Crippen LogP contribution in [0.3, 0.4) is 0 Å². The van der Waals surface area contributed by atoms with Crippen LogP contribution in [0.1, 0.15) is 52.7 Å². The highest BCUT2D eigenvalue weighted by Gasteiger charge is 2.19. The van der Waals surface area contributed by atoms with Gasteiger partial charge >= 0.3 is 0 Å². The van der Waals surface area contributed by atoms with Crippen LogP contribution in [0.2, 0.25) is 0 Å². The van der Waals surface area contributed by atoms with E-state index < -0.39 is 0 Å². The molecule has 2 nitrogen and oxygen atoms in total. The van der Waals surface area contributed by atoms with Crippen molar-refractivity contribution in [1.82, 2.24) is 4.98 Å². The SMILES string of the molecule is CC(C)(C)Cc1ccc2oc(-c3ccnc(-c4cc(C(C)(C)C)c5ccccc5c4)c3)cc2c1. The number of furan rings is 1. The van der Waals surface area contributed by atoms with E-state index in [0.29, 0.717) is 0 Å². The van der Waals surface area contributed by atoms with Gasteiger partial charge in [0, 0.05) is 22.7 Å². The van der Waals surface area contributed by atoms with Crippen LogP contribution >= 0.6 is 0 Å². The lowest BCUT2D eigenvalue weighted by Crippen LogP contribution is -2.12. The second-order valence-corrected chi connectivity index (χ2v) is 11.6. The van der Waals surface area contributed by atoms with Crippen molar-refractivity contribution in [3.63, 3.8) is 0 Å². The summed E-state index contributed by atoms with van der Waals surface area (Å²) in [5.74, 6) is 0.878. The molecule has 0 fully saturated rings. The Bertz CT molecular complexity index is 1490. The molecular formula is C32H33NO. The summed E-state index contributed by atoms with van der Waals surface area (Å²) in [6.45, 7) is 13.6. The fourth-order valence-corrected chi connectivity index (χ4v) is 4.78. The van der Waals surface area contributed by atoms with Crippen LogP contribution in [0.25, 0.3) is 44.3 Å². The molecule has 0 aliphatic carbocycles. The molecule has 2 heteroatoms. The molecule has 0 N–H and O–H groups in total. The average molecular weight is 448 g/mol. The highest BCUT2D eigenvalue weighted by Crippen LogP contribution is 2.36. The van der Waals surface area contributed by atoms with Gasteiger partial charge in [-0.15, -0.1) is 0 Å². The normalized spacial score (nSPS) is 12.5. The molecule has 0 radical (unpaired) electrons. The van der Waals surface area contributed by atoms with E-state index in [1.807, 2.05) is 12.3 Å². The molecule has 2 heterocycles. The summed E-state index contributed by atoms with van der Waals surface area (Å²) in [6.07, 6.45) is 2.93. The number of benzene rings is 3. The Balaban J connectivity index is 1.57. The Labute approximate surface area is 202 Å². The maximum absolute atomic E-state index is 6.25. The predicted octanol–water partition coefficient (Wildman–Crippen LogP) is 9.20. The van der Waals surface area contributed by atoms with E-state index in [1.165, 1.54) is 21.9 Å². The summed E-state index contributed by atoms with van der Waals surface area (Å²) < 4.78 is 6.25. The van der Waals surface area contributed by atoms with Crippen LogP contribution in [-0.4, -0.2) is 4.98 Å². The molecule has 0 saturated carbocycles. The molecule has 0 unspecified atom stereocenters. The Morgan fingerprint density at radius 3 is 2.29 bits per heavy atom. The molecule has 0 bridgehead atoms. The minimum absolute atomic E-state index is 0.0384. The minimum Gasteiger partial charge on any atom is -0.456 e. The third kappa shape index (κ3) is 4.50. The Morgan fingerprint density at radius 2 is 1.53 bits per heavy atom. The molecule has 172 valence electrons. The monoisotopic (exact) mass is 447 g/mol. The molecule has 3 aromatic carbocycles. The Kier molecular flexibility index (Phi) is 5.36. The highest BCUT2D eigenvalue weighted by molar-refractivity contribution is 5.91. The van der Waals surface area contributed by atoms with Gasteiger partial charge in [0.15, 0.2) is 0 Å². The van der Waals surface area contributed by atoms with Crippen LogP contribution in [0.4, 0.5) is 0 Å². The zero-order valence-electron chi connectivity index (χ0n) is 21.1. The van der Waals surface area contributed by atoms with E-state index in [9.17, 15) is 0 Å². The molecule has 0 aliphatic heterocycles. The van der Waals surface area contributed by atoms with Crippen LogP contribution in [0.5, 0.6) is 0 Å². The minimum atomic E-state index is 0.0384. The molecule has 2 aromatic heterocycles. The largest absolute Gasteiger partial charge is 0.456 e. The van der Waals surface area contributed by atoms with E-state index in [-0.39, 0.29) is 10.8 Å². The average Bonchev–Trinajstić information content (AvgIpc) is 3.20. The number of pyridine rings is 1. The van der Waals surface area contributed by atoms with Crippen molar-refractivity contribution >= 4 is 21.7 Å². The van der Waals surface area contributed by atoms with Crippen LogP contribution in [0.15, 0.2) is 83.4 Å². The van der Waals surface area contributed by atoms with Gasteiger partial charge in [0.05, 0.1) is 5.69 Å². The second kappa shape index (κ2) is 8.13. The van der Waals surface area contributed by atoms with Gasteiger partial charge in [-0.25, -0.2) is 0 Å². The van der Waals surface area contributed by atoms with Crippen molar-refractivity contribution < 1.29 is 4.42 Å². The van der Waals surface area contributed by atoms with Gasteiger partial charge in [-0.05, 0) is 81.6 Å². The van der Waals surface area contributed by atoms with E-state index in [1.54, 1.807) is 0 Å². The lowest BCUT2D eigenvalue weighted by molar-refractivity contribution is 0.411. The van der Waals surface area contributed by atoms with E-state index >= 15 is 0 Å². The fraction of sp³-hybridized carbons (Fsp3) is 0.281. The number of fused-ring (bicyclic) bond motifs is 2. The number of hydrogen-bond acceptors (Lipinski definition) is 2. The lowest BCUT2D eigenvalue weighted by Gasteiger charge is -2.22. The smallest absolute Gasteiger partial charge is 0.135 e. The zero-order chi connectivity index (χ0) is 24.1.